The van der Waals surface area contributed by atoms with Gasteiger partial charge in [-0.05, 0) is 43.2 Å². The highest BCUT2D eigenvalue weighted by Gasteiger charge is 2.05. The Morgan fingerprint density at radius 1 is 1.26 bits per heavy atom. The molecular formula is C16H19N3. The number of hydrogen-bond donors (Lipinski definition) is 1. The van der Waals surface area contributed by atoms with Gasteiger partial charge in [-0.15, -0.1) is 0 Å². The van der Waals surface area contributed by atoms with Crippen LogP contribution in [0.2, 0.25) is 0 Å². The van der Waals surface area contributed by atoms with Gasteiger partial charge < -0.3 is 9.88 Å². The van der Waals surface area contributed by atoms with Crippen LogP contribution in [0.1, 0.15) is 36.6 Å². The van der Waals surface area contributed by atoms with E-state index >= 15 is 0 Å². The Kier molecular flexibility index (Phi) is 4.38. The van der Waals surface area contributed by atoms with Crippen molar-refractivity contribution in [2.24, 2.45) is 0 Å². The number of benzene rings is 1. The van der Waals surface area contributed by atoms with E-state index in [4.69, 9.17) is 5.26 Å². The topological polar surface area (TPSA) is 40.8 Å². The Balaban J connectivity index is 1.93. The first-order valence-corrected chi connectivity index (χ1v) is 6.61. The second-order valence-electron chi connectivity index (χ2n) is 4.69. The van der Waals surface area contributed by atoms with Gasteiger partial charge in [0.1, 0.15) is 0 Å². The van der Waals surface area contributed by atoms with Crippen molar-refractivity contribution in [1.82, 2.24) is 9.88 Å². The summed E-state index contributed by atoms with van der Waals surface area (Å²) in [6.07, 6.45) is 4.27. The van der Waals surface area contributed by atoms with Gasteiger partial charge in [0.15, 0.2) is 0 Å². The third-order valence-corrected chi connectivity index (χ3v) is 3.33. The van der Waals surface area contributed by atoms with Gasteiger partial charge in [-0.25, -0.2) is 0 Å². The lowest BCUT2D eigenvalue weighted by Gasteiger charge is -2.13. The maximum atomic E-state index is 8.78. The van der Waals surface area contributed by atoms with Gasteiger partial charge in [0, 0.05) is 31.5 Å². The van der Waals surface area contributed by atoms with Crippen LogP contribution < -0.4 is 5.32 Å². The zero-order valence-corrected chi connectivity index (χ0v) is 11.4. The molecule has 0 fully saturated rings. The molecule has 2 aromatic rings. The summed E-state index contributed by atoms with van der Waals surface area (Å²) in [6, 6.07) is 12.3. The fraction of sp³-hybridized carbons (Fsp3) is 0.312. The molecule has 1 aromatic heterocycles. The van der Waals surface area contributed by atoms with Crippen LogP contribution >= 0.6 is 0 Å². The molecule has 3 heteroatoms. The van der Waals surface area contributed by atoms with Crippen molar-refractivity contribution in [3.8, 4) is 6.07 Å². The van der Waals surface area contributed by atoms with E-state index in [1.807, 2.05) is 24.3 Å². The lowest BCUT2D eigenvalue weighted by molar-refractivity contribution is 0.574. The first-order chi connectivity index (χ1) is 9.22. The molecule has 0 aliphatic carbocycles. The van der Waals surface area contributed by atoms with Crippen LogP contribution in [0.15, 0.2) is 42.7 Å². The minimum atomic E-state index is 0.276. The Hall–Kier alpha value is -2.05. The number of nitrogens with zero attached hydrogens (tertiary/aromatic N) is 2. The molecule has 0 aliphatic heterocycles. The molecule has 3 nitrogen and oxygen atoms in total. The molecule has 0 spiro atoms. The third kappa shape index (κ3) is 3.46. The molecule has 0 bridgehead atoms. The highest BCUT2D eigenvalue weighted by molar-refractivity contribution is 5.32. The van der Waals surface area contributed by atoms with E-state index in [1.54, 1.807) is 0 Å². The lowest BCUT2D eigenvalue weighted by atomic mass is 10.1. The van der Waals surface area contributed by atoms with Crippen LogP contribution in [-0.4, -0.2) is 4.57 Å². The number of nitriles is 1. The van der Waals surface area contributed by atoms with E-state index in [0.717, 1.165) is 13.1 Å². The van der Waals surface area contributed by atoms with Gasteiger partial charge in [-0.1, -0.05) is 12.1 Å². The second kappa shape index (κ2) is 6.21. The zero-order chi connectivity index (χ0) is 13.7. The third-order valence-electron chi connectivity index (χ3n) is 3.33. The van der Waals surface area contributed by atoms with E-state index < -0.39 is 0 Å². The van der Waals surface area contributed by atoms with Gasteiger partial charge in [0.05, 0.1) is 11.6 Å². The molecule has 2 rings (SSSR count). The summed E-state index contributed by atoms with van der Waals surface area (Å²) in [7, 11) is 0. The molecule has 0 radical (unpaired) electrons. The fourth-order valence-corrected chi connectivity index (χ4v) is 2.03. The fourth-order valence-electron chi connectivity index (χ4n) is 2.03. The average molecular weight is 253 g/mol. The van der Waals surface area contributed by atoms with Crippen LogP contribution in [0.25, 0.3) is 0 Å². The Morgan fingerprint density at radius 3 is 2.58 bits per heavy atom. The molecular weight excluding hydrogens is 234 g/mol. The summed E-state index contributed by atoms with van der Waals surface area (Å²) >= 11 is 0. The first kappa shape index (κ1) is 13.4. The smallest absolute Gasteiger partial charge is 0.0991 e. The maximum Gasteiger partial charge on any atom is 0.0991 e. The van der Waals surface area contributed by atoms with Gasteiger partial charge >= 0.3 is 0 Å². The normalized spacial score (nSPS) is 12.1. The minimum absolute atomic E-state index is 0.276. The molecule has 1 heterocycles. The lowest BCUT2D eigenvalue weighted by Crippen LogP contribution is -2.17. The summed E-state index contributed by atoms with van der Waals surface area (Å²) in [5.74, 6) is 0. The summed E-state index contributed by atoms with van der Waals surface area (Å²) in [4.78, 5) is 0. The maximum absolute atomic E-state index is 8.78. The van der Waals surface area contributed by atoms with Crippen molar-refractivity contribution in [3.05, 3.63) is 59.4 Å². The van der Waals surface area contributed by atoms with Crippen molar-refractivity contribution >= 4 is 0 Å². The summed E-state index contributed by atoms with van der Waals surface area (Å²) in [5.41, 5.74) is 3.20. The van der Waals surface area contributed by atoms with Gasteiger partial charge in [0.2, 0.25) is 0 Å². The molecule has 1 N–H and O–H groups in total. The van der Waals surface area contributed by atoms with Crippen molar-refractivity contribution in [2.45, 2.75) is 33.0 Å². The second-order valence-corrected chi connectivity index (χ2v) is 4.69. The van der Waals surface area contributed by atoms with Crippen LogP contribution in [0.4, 0.5) is 0 Å². The van der Waals surface area contributed by atoms with Gasteiger partial charge in [-0.3, -0.25) is 0 Å². The number of aromatic nitrogens is 1. The van der Waals surface area contributed by atoms with Crippen LogP contribution in [0, 0.1) is 11.3 Å². The standard InChI is InChI=1S/C16H19N3/c1-3-19-9-8-15(12-19)11-18-13(2)16-6-4-14(10-17)5-7-16/h4-9,12-13,18H,3,11H2,1-2H3. The van der Waals surface area contributed by atoms with Gasteiger partial charge in [0.25, 0.3) is 0 Å². The number of aryl methyl sites for hydroxylation is 1. The Morgan fingerprint density at radius 2 is 2.00 bits per heavy atom. The summed E-state index contributed by atoms with van der Waals surface area (Å²) in [6.45, 7) is 6.13. The van der Waals surface area contributed by atoms with Crippen molar-refractivity contribution < 1.29 is 0 Å². The van der Waals surface area contributed by atoms with Crippen LogP contribution in [0.3, 0.4) is 0 Å². The number of rotatable bonds is 5. The molecule has 19 heavy (non-hydrogen) atoms. The van der Waals surface area contributed by atoms with Crippen LogP contribution in [-0.2, 0) is 13.1 Å². The minimum Gasteiger partial charge on any atom is -0.354 e. The quantitative estimate of drug-likeness (QED) is 0.888. The molecule has 1 unspecified atom stereocenters. The highest BCUT2D eigenvalue weighted by atomic mass is 14.9. The van der Waals surface area contributed by atoms with E-state index in [0.29, 0.717) is 5.56 Å². The average Bonchev–Trinajstić information content (AvgIpc) is 2.93. The Labute approximate surface area is 114 Å². The van der Waals surface area contributed by atoms with Crippen molar-refractivity contribution in [2.75, 3.05) is 0 Å². The van der Waals surface area contributed by atoms with E-state index in [-0.39, 0.29) is 6.04 Å². The SMILES string of the molecule is CCn1ccc(CNC(C)c2ccc(C#N)cc2)c1. The zero-order valence-electron chi connectivity index (χ0n) is 11.4. The van der Waals surface area contributed by atoms with Crippen molar-refractivity contribution in [3.63, 3.8) is 0 Å². The molecule has 0 amide bonds. The molecule has 0 saturated carbocycles. The van der Waals surface area contributed by atoms with E-state index in [1.165, 1.54) is 11.1 Å². The first-order valence-electron chi connectivity index (χ1n) is 6.61. The molecule has 0 aliphatic rings. The molecule has 1 atom stereocenters. The summed E-state index contributed by atoms with van der Waals surface area (Å²) < 4.78 is 2.17. The predicted molar refractivity (Wildman–Crippen MR) is 76.5 cm³/mol. The molecule has 1 aromatic carbocycles. The Bertz CT molecular complexity index is 560. The number of nitrogens with one attached hydrogen (secondary N) is 1. The molecule has 0 saturated heterocycles. The highest BCUT2D eigenvalue weighted by Crippen LogP contribution is 2.14. The van der Waals surface area contributed by atoms with Crippen LogP contribution in [0.5, 0.6) is 0 Å². The molecule has 98 valence electrons. The van der Waals surface area contributed by atoms with E-state index in [9.17, 15) is 0 Å². The monoisotopic (exact) mass is 253 g/mol. The van der Waals surface area contributed by atoms with Crippen molar-refractivity contribution in [1.29, 1.82) is 5.26 Å². The number of hydrogen-bond acceptors (Lipinski definition) is 2. The van der Waals surface area contributed by atoms with Gasteiger partial charge in [-0.2, -0.15) is 5.26 Å². The van der Waals surface area contributed by atoms with E-state index in [2.05, 4.69) is 48.3 Å². The summed E-state index contributed by atoms with van der Waals surface area (Å²) in [5, 5.41) is 12.3. The largest absolute Gasteiger partial charge is 0.354 e. The predicted octanol–water partition coefficient (Wildman–Crippen LogP) is 3.23.